The van der Waals surface area contributed by atoms with Crippen LogP contribution in [0.15, 0.2) is 55.0 Å². The molecule has 8 nitrogen and oxygen atoms in total. The first-order chi connectivity index (χ1) is 16.9. The first-order valence-electron chi connectivity index (χ1n) is 11.3. The molecule has 3 heterocycles. The van der Waals surface area contributed by atoms with E-state index in [1.54, 1.807) is 4.68 Å². The van der Waals surface area contributed by atoms with Crippen molar-refractivity contribution in [3.05, 3.63) is 66.1 Å². The molecule has 11 heteroatoms. The number of pyridine rings is 1. The summed E-state index contributed by atoms with van der Waals surface area (Å²) < 4.78 is 53.6. The van der Waals surface area contributed by atoms with E-state index < -0.39 is 11.7 Å². The highest BCUT2D eigenvalue weighted by atomic mass is 19.4. The van der Waals surface area contributed by atoms with Crippen molar-refractivity contribution < 1.29 is 22.6 Å². The lowest BCUT2D eigenvalue weighted by molar-refractivity contribution is -0.137. The van der Waals surface area contributed by atoms with Crippen LogP contribution in [-0.4, -0.2) is 30.8 Å². The zero-order valence-corrected chi connectivity index (χ0v) is 18.7. The van der Waals surface area contributed by atoms with Gasteiger partial charge in [0.1, 0.15) is 17.5 Å². The summed E-state index contributed by atoms with van der Waals surface area (Å²) in [5, 5.41) is 4.92. The molecule has 35 heavy (non-hydrogen) atoms. The van der Waals surface area contributed by atoms with Gasteiger partial charge >= 0.3 is 6.18 Å². The van der Waals surface area contributed by atoms with Crippen molar-refractivity contribution in [2.45, 2.75) is 50.6 Å². The molecule has 182 valence electrons. The first-order valence-corrected chi connectivity index (χ1v) is 11.3. The molecule has 2 unspecified atom stereocenters. The molecule has 0 spiro atoms. The Balaban J connectivity index is 1.52. The topological polar surface area (TPSA) is 101 Å². The van der Waals surface area contributed by atoms with E-state index in [9.17, 15) is 13.2 Å². The fraction of sp³-hybridized carbons (Fsp3) is 0.333. The highest BCUT2D eigenvalue weighted by molar-refractivity contribution is 5.90. The molecular formula is C24H23F3N6O2. The second-order valence-electron chi connectivity index (χ2n) is 8.38. The van der Waals surface area contributed by atoms with Crippen molar-refractivity contribution in [2.75, 3.05) is 5.73 Å². The minimum absolute atomic E-state index is 0.112. The van der Waals surface area contributed by atoms with Crippen molar-refractivity contribution in [2.24, 2.45) is 0 Å². The van der Waals surface area contributed by atoms with Gasteiger partial charge in [-0.05, 0) is 24.5 Å². The standard InChI is InChI=1S/C24H23F3N6O2/c25-24(26,27)16-10-11-29-19(12-16)35-23-20-21(28)30-14-31-22(20)32-33(23)17-8-4-5-9-18(17)34-13-15-6-2-1-3-7-15/h1-3,6-7,10-12,14,17-18H,4-5,8-9,13H2,(H2,28,30,31,32). The average molecular weight is 484 g/mol. The van der Waals surface area contributed by atoms with Gasteiger partial charge in [0.15, 0.2) is 5.65 Å². The number of anilines is 1. The van der Waals surface area contributed by atoms with Gasteiger partial charge in [0, 0.05) is 12.3 Å². The van der Waals surface area contributed by atoms with Crippen LogP contribution in [0.4, 0.5) is 19.0 Å². The van der Waals surface area contributed by atoms with Crippen LogP contribution in [0.5, 0.6) is 11.8 Å². The number of fused-ring (bicyclic) bond motifs is 1. The van der Waals surface area contributed by atoms with Gasteiger partial charge in [0.2, 0.25) is 11.8 Å². The largest absolute Gasteiger partial charge is 0.420 e. The van der Waals surface area contributed by atoms with E-state index in [-0.39, 0.29) is 35.4 Å². The Morgan fingerprint density at radius 1 is 1.03 bits per heavy atom. The molecule has 1 saturated carbocycles. The second kappa shape index (κ2) is 9.49. The number of aromatic nitrogens is 5. The number of nitrogen functional groups attached to an aromatic ring is 1. The molecule has 1 aliphatic rings. The highest BCUT2D eigenvalue weighted by Crippen LogP contribution is 2.40. The third-order valence-electron chi connectivity index (χ3n) is 6.03. The molecule has 1 fully saturated rings. The lowest BCUT2D eigenvalue weighted by atomic mass is 9.92. The van der Waals surface area contributed by atoms with Crippen LogP contribution < -0.4 is 10.5 Å². The van der Waals surface area contributed by atoms with Crippen LogP contribution in [0.1, 0.15) is 42.9 Å². The van der Waals surface area contributed by atoms with E-state index in [1.807, 2.05) is 30.3 Å². The zero-order valence-electron chi connectivity index (χ0n) is 18.7. The van der Waals surface area contributed by atoms with Gasteiger partial charge in [-0.3, -0.25) is 0 Å². The quantitative estimate of drug-likeness (QED) is 0.396. The summed E-state index contributed by atoms with van der Waals surface area (Å²) in [4.78, 5) is 12.2. The first kappa shape index (κ1) is 23.0. The minimum atomic E-state index is -4.54. The number of hydrogen-bond acceptors (Lipinski definition) is 7. The number of benzene rings is 1. The van der Waals surface area contributed by atoms with Gasteiger partial charge in [0.25, 0.3) is 0 Å². The summed E-state index contributed by atoms with van der Waals surface area (Å²) in [7, 11) is 0. The molecule has 1 aliphatic carbocycles. The SMILES string of the molecule is Nc1ncnc2nn(C3CCCCC3OCc3ccccc3)c(Oc3cc(C(F)(F)F)ccn3)c12. The zero-order chi connectivity index (χ0) is 24.4. The highest BCUT2D eigenvalue weighted by Gasteiger charge is 2.34. The predicted molar refractivity (Wildman–Crippen MR) is 122 cm³/mol. The Kier molecular flexibility index (Phi) is 6.25. The van der Waals surface area contributed by atoms with Crippen LogP contribution in [0.2, 0.25) is 0 Å². The molecular weight excluding hydrogens is 461 g/mol. The smallest absolute Gasteiger partial charge is 0.416 e. The number of rotatable bonds is 6. The number of nitrogens with two attached hydrogens (primary N) is 1. The van der Waals surface area contributed by atoms with E-state index >= 15 is 0 Å². The number of ether oxygens (including phenoxy) is 2. The molecule has 2 atom stereocenters. The summed E-state index contributed by atoms with van der Waals surface area (Å²) in [6.45, 7) is 0.427. The Morgan fingerprint density at radius 2 is 1.83 bits per heavy atom. The summed E-state index contributed by atoms with van der Waals surface area (Å²) >= 11 is 0. The number of halogens is 3. The maximum absolute atomic E-state index is 13.3. The van der Waals surface area contributed by atoms with Crippen molar-refractivity contribution in [1.82, 2.24) is 24.7 Å². The van der Waals surface area contributed by atoms with Crippen LogP contribution in [0, 0.1) is 0 Å². The monoisotopic (exact) mass is 484 g/mol. The molecule has 0 amide bonds. The molecule has 0 radical (unpaired) electrons. The summed E-state index contributed by atoms with van der Waals surface area (Å²) in [5.41, 5.74) is 6.56. The third kappa shape index (κ3) is 4.90. The van der Waals surface area contributed by atoms with E-state index in [0.29, 0.717) is 12.0 Å². The average Bonchev–Trinajstić information content (AvgIpc) is 3.22. The normalized spacial score (nSPS) is 18.6. The number of hydrogen-bond donors (Lipinski definition) is 1. The molecule has 0 bridgehead atoms. The molecule has 0 saturated heterocycles. The number of alkyl halides is 3. The molecule has 3 aromatic heterocycles. The maximum Gasteiger partial charge on any atom is 0.416 e. The summed E-state index contributed by atoms with van der Waals surface area (Å²) in [5.74, 6) is 0.0228. The molecule has 1 aromatic carbocycles. The lowest BCUT2D eigenvalue weighted by Gasteiger charge is -2.32. The Bertz CT molecular complexity index is 1310. The Morgan fingerprint density at radius 3 is 2.63 bits per heavy atom. The van der Waals surface area contributed by atoms with Crippen LogP contribution in [-0.2, 0) is 17.5 Å². The van der Waals surface area contributed by atoms with Crippen molar-refractivity contribution in [3.8, 4) is 11.8 Å². The number of nitrogens with zero attached hydrogens (tertiary/aromatic N) is 5. The van der Waals surface area contributed by atoms with Crippen LogP contribution >= 0.6 is 0 Å². The maximum atomic E-state index is 13.3. The Labute approximate surface area is 198 Å². The van der Waals surface area contributed by atoms with Gasteiger partial charge in [-0.1, -0.05) is 43.2 Å². The summed E-state index contributed by atoms with van der Waals surface area (Å²) in [6.07, 6.45) is 1.08. The van der Waals surface area contributed by atoms with Gasteiger partial charge in [-0.25, -0.2) is 19.6 Å². The second-order valence-corrected chi connectivity index (χ2v) is 8.38. The van der Waals surface area contributed by atoms with Crippen molar-refractivity contribution >= 4 is 16.9 Å². The van der Waals surface area contributed by atoms with E-state index in [2.05, 4.69) is 20.1 Å². The van der Waals surface area contributed by atoms with Gasteiger partial charge in [-0.2, -0.15) is 13.2 Å². The van der Waals surface area contributed by atoms with E-state index in [0.717, 1.165) is 49.6 Å². The van der Waals surface area contributed by atoms with E-state index in [1.165, 1.54) is 6.33 Å². The summed E-state index contributed by atoms with van der Waals surface area (Å²) in [6, 6.07) is 11.3. The fourth-order valence-corrected chi connectivity index (χ4v) is 4.32. The Hall–Kier alpha value is -3.73. The third-order valence-corrected chi connectivity index (χ3v) is 6.03. The van der Waals surface area contributed by atoms with Crippen molar-refractivity contribution in [3.63, 3.8) is 0 Å². The molecule has 0 aliphatic heterocycles. The molecule has 4 aromatic rings. The minimum Gasteiger partial charge on any atom is -0.420 e. The van der Waals surface area contributed by atoms with Crippen LogP contribution in [0.3, 0.4) is 0 Å². The predicted octanol–water partition coefficient (Wildman–Crippen LogP) is 5.32. The lowest BCUT2D eigenvalue weighted by Crippen LogP contribution is -2.31. The fourth-order valence-electron chi connectivity index (χ4n) is 4.32. The van der Waals surface area contributed by atoms with Gasteiger partial charge in [0.05, 0.1) is 24.3 Å². The van der Waals surface area contributed by atoms with Crippen LogP contribution in [0.25, 0.3) is 11.0 Å². The molecule has 5 rings (SSSR count). The van der Waals surface area contributed by atoms with E-state index in [4.69, 9.17) is 15.2 Å². The molecule has 2 N–H and O–H groups in total. The van der Waals surface area contributed by atoms with Gasteiger partial charge in [-0.15, -0.1) is 5.10 Å². The van der Waals surface area contributed by atoms with Gasteiger partial charge < -0.3 is 15.2 Å². The van der Waals surface area contributed by atoms with Crippen molar-refractivity contribution in [1.29, 1.82) is 0 Å².